The normalized spacial score (nSPS) is 11.6. The topological polar surface area (TPSA) is 231 Å². The van der Waals surface area contributed by atoms with Crippen LogP contribution in [0.15, 0.2) is 28.9 Å². The number of anilines is 2. The number of nitrogens with zero attached hydrogens (tertiary/aromatic N) is 5. The zero-order chi connectivity index (χ0) is 42.3. The Morgan fingerprint density at radius 1 is 0.650 bits per heavy atom. The number of nitrogens with two attached hydrogens (primary N) is 2. The lowest BCUT2D eigenvalue weighted by atomic mass is 10.1. The highest BCUT2D eigenvalue weighted by atomic mass is 16.6. The molecule has 3 heterocycles. The molecule has 0 spiro atoms. The van der Waals surface area contributed by atoms with E-state index < -0.39 is 0 Å². The first-order valence-corrected chi connectivity index (χ1v) is 20.4. The summed E-state index contributed by atoms with van der Waals surface area (Å²) < 4.78 is 61.7. The summed E-state index contributed by atoms with van der Waals surface area (Å²) in [5.74, 6) is 2.92. The number of terminal acetylenes is 1. The summed E-state index contributed by atoms with van der Waals surface area (Å²) >= 11 is 0. The smallest absolute Gasteiger partial charge is 0.292 e. The molecule has 0 saturated carbocycles. The third kappa shape index (κ3) is 19.4. The van der Waals surface area contributed by atoms with Crippen LogP contribution in [0.3, 0.4) is 0 Å². The van der Waals surface area contributed by atoms with Crippen LogP contribution in [0.5, 0.6) is 0 Å². The van der Waals surface area contributed by atoms with Crippen LogP contribution in [0.4, 0.5) is 11.8 Å². The van der Waals surface area contributed by atoms with E-state index in [-0.39, 0.29) is 11.8 Å². The fourth-order valence-electron chi connectivity index (χ4n) is 5.66. The number of aromatic nitrogens is 5. The number of benzene rings is 1. The van der Waals surface area contributed by atoms with Gasteiger partial charge in [0.15, 0.2) is 11.2 Å². The molecule has 19 heteroatoms. The molecule has 19 nitrogen and oxygen atoms in total. The quantitative estimate of drug-likeness (QED) is 0.0488. The van der Waals surface area contributed by atoms with E-state index in [9.17, 15) is 4.79 Å². The van der Waals surface area contributed by atoms with Crippen molar-refractivity contribution in [1.82, 2.24) is 24.7 Å². The highest BCUT2D eigenvalue weighted by Crippen LogP contribution is 2.32. The van der Waals surface area contributed by atoms with Crippen molar-refractivity contribution in [3.05, 3.63) is 24.5 Å². The van der Waals surface area contributed by atoms with Gasteiger partial charge in [0.25, 0.3) is 6.01 Å². The number of hydrogen-bond donors (Lipinski definition) is 2. The van der Waals surface area contributed by atoms with E-state index in [1.165, 1.54) is 6.33 Å². The van der Waals surface area contributed by atoms with Crippen LogP contribution in [0.2, 0.25) is 0 Å². The van der Waals surface area contributed by atoms with E-state index in [1.54, 1.807) is 6.07 Å². The largest absolute Gasteiger partial charge is 0.424 e. The van der Waals surface area contributed by atoms with Crippen molar-refractivity contribution < 1.29 is 56.6 Å². The Labute approximate surface area is 350 Å². The zero-order valence-corrected chi connectivity index (χ0v) is 34.6. The number of oxazole rings is 1. The maximum absolute atomic E-state index is 12.4. The SMILES string of the molecule is C#CCOCCOCCOCCOCCOCCOCCOCCOCCOCCOCCC(=O)CCCCCn1nc(-c2ccc3oc(N)nc3c2)c2c(N)ncnc21. The number of nitrogen functional groups attached to an aromatic ring is 2. The minimum Gasteiger partial charge on any atom is -0.424 e. The first-order valence-electron chi connectivity index (χ1n) is 20.4. The van der Waals surface area contributed by atoms with Gasteiger partial charge in [-0.15, -0.1) is 6.42 Å². The maximum Gasteiger partial charge on any atom is 0.292 e. The van der Waals surface area contributed by atoms with Gasteiger partial charge in [0, 0.05) is 24.9 Å². The molecule has 3 aromatic heterocycles. The second kappa shape index (κ2) is 30.7. The van der Waals surface area contributed by atoms with E-state index in [0.717, 1.165) is 24.8 Å². The second-order valence-corrected chi connectivity index (χ2v) is 13.1. The van der Waals surface area contributed by atoms with Crippen LogP contribution < -0.4 is 11.5 Å². The summed E-state index contributed by atoms with van der Waals surface area (Å²) in [5.41, 5.74) is 15.3. The van der Waals surface area contributed by atoms with Crippen molar-refractivity contribution in [2.45, 2.75) is 38.6 Å². The van der Waals surface area contributed by atoms with Crippen molar-refractivity contribution in [1.29, 1.82) is 0 Å². The van der Waals surface area contributed by atoms with Gasteiger partial charge in [-0.25, -0.2) is 14.6 Å². The Morgan fingerprint density at radius 2 is 1.17 bits per heavy atom. The van der Waals surface area contributed by atoms with Gasteiger partial charge in [0.1, 0.15) is 35.7 Å². The van der Waals surface area contributed by atoms with Crippen molar-refractivity contribution >= 4 is 39.7 Å². The van der Waals surface area contributed by atoms with Gasteiger partial charge >= 0.3 is 0 Å². The summed E-state index contributed by atoms with van der Waals surface area (Å²) in [5, 5.41) is 5.50. The molecule has 0 atom stereocenters. The van der Waals surface area contributed by atoms with Gasteiger partial charge in [0.2, 0.25) is 0 Å². The predicted molar refractivity (Wildman–Crippen MR) is 222 cm³/mol. The molecule has 0 bridgehead atoms. The first kappa shape index (κ1) is 48.3. The summed E-state index contributed by atoms with van der Waals surface area (Å²) in [6.07, 6.45) is 9.88. The van der Waals surface area contributed by atoms with Gasteiger partial charge in [-0.1, -0.05) is 12.3 Å². The van der Waals surface area contributed by atoms with Gasteiger partial charge < -0.3 is 63.3 Å². The molecule has 60 heavy (non-hydrogen) atoms. The number of ether oxygens (including phenoxy) is 10. The monoisotopic (exact) mass is 843 g/mol. The molecule has 4 aromatic rings. The summed E-state index contributed by atoms with van der Waals surface area (Å²) in [6, 6.07) is 5.64. The molecule has 332 valence electrons. The average molecular weight is 844 g/mol. The Morgan fingerprint density at radius 3 is 1.70 bits per heavy atom. The minimum atomic E-state index is 0.101. The highest BCUT2D eigenvalue weighted by molar-refractivity contribution is 5.99. The predicted octanol–water partition coefficient (Wildman–Crippen LogP) is 3.12. The van der Waals surface area contributed by atoms with Crippen molar-refractivity contribution in [3.63, 3.8) is 0 Å². The lowest BCUT2D eigenvalue weighted by Gasteiger charge is -2.09. The molecular formula is C41H61N7O12. The molecule has 4 N–H and O–H groups in total. The number of aryl methyl sites for hydroxylation is 1. The molecule has 0 fully saturated rings. The molecule has 0 aliphatic carbocycles. The van der Waals surface area contributed by atoms with Crippen LogP contribution in [0, 0.1) is 12.3 Å². The fourth-order valence-corrected chi connectivity index (χ4v) is 5.66. The summed E-state index contributed by atoms with van der Waals surface area (Å²) in [6.45, 7) is 9.89. The number of rotatable bonds is 38. The maximum atomic E-state index is 12.4. The van der Waals surface area contributed by atoms with E-state index in [0.29, 0.717) is 185 Å². The van der Waals surface area contributed by atoms with E-state index in [2.05, 4.69) is 20.9 Å². The van der Waals surface area contributed by atoms with Gasteiger partial charge in [-0.3, -0.25) is 4.79 Å². The zero-order valence-electron chi connectivity index (χ0n) is 34.6. The molecule has 0 amide bonds. The molecule has 0 aliphatic heterocycles. The van der Waals surface area contributed by atoms with E-state index >= 15 is 0 Å². The van der Waals surface area contributed by atoms with Crippen LogP contribution in [-0.2, 0) is 58.7 Å². The molecular weight excluding hydrogens is 782 g/mol. The van der Waals surface area contributed by atoms with Crippen molar-refractivity contribution in [2.75, 3.05) is 144 Å². The molecule has 1 aromatic carbocycles. The molecule has 0 saturated heterocycles. The second-order valence-electron chi connectivity index (χ2n) is 13.1. The fraction of sp³-hybridized carbons (Fsp3) is 0.634. The number of carbonyl (C=O) groups is 1. The van der Waals surface area contributed by atoms with E-state index in [1.807, 2.05) is 16.8 Å². The van der Waals surface area contributed by atoms with E-state index in [4.69, 9.17) is 74.8 Å². The minimum absolute atomic E-state index is 0.101. The Kier molecular flexibility index (Phi) is 24.7. The number of ketones is 1. The first-order chi connectivity index (χ1) is 29.6. The summed E-state index contributed by atoms with van der Waals surface area (Å²) in [4.78, 5) is 25.2. The van der Waals surface area contributed by atoms with Crippen LogP contribution >= 0.6 is 0 Å². The Hall–Kier alpha value is -4.33. The number of hydrogen-bond acceptors (Lipinski definition) is 18. The Bertz CT molecular complexity index is 1800. The van der Waals surface area contributed by atoms with Crippen molar-refractivity contribution in [3.8, 4) is 23.6 Å². The molecule has 0 aliphatic rings. The highest BCUT2D eigenvalue weighted by Gasteiger charge is 2.18. The number of Topliss-reactive ketones (excluding diaryl/α,β-unsaturated/α-hetero) is 1. The molecule has 0 unspecified atom stereocenters. The summed E-state index contributed by atoms with van der Waals surface area (Å²) in [7, 11) is 0. The standard InChI is InChI=1S/C41H61N7O12/c1-2-11-50-13-15-52-17-19-54-21-23-56-25-27-58-29-30-59-28-26-57-24-22-55-20-18-53-16-14-51-12-9-34(49)6-4-3-5-10-48-40-37(39(42)44-32-45-40)38(47-48)33-7-8-36-35(31-33)46-41(43)60-36/h1,7-8,31-32H,3-6,9-30H2,(H2,43,46)(H2,42,44,45). The Balaban J connectivity index is 0.862. The van der Waals surface area contributed by atoms with Gasteiger partial charge in [-0.05, 0) is 31.0 Å². The molecule has 4 rings (SSSR count). The number of fused-ring (bicyclic) bond motifs is 2. The third-order valence-electron chi connectivity index (χ3n) is 8.62. The molecule has 0 radical (unpaired) electrons. The lowest BCUT2D eigenvalue weighted by Crippen LogP contribution is -2.15. The van der Waals surface area contributed by atoms with Gasteiger partial charge in [0.05, 0.1) is 131 Å². The van der Waals surface area contributed by atoms with Gasteiger partial charge in [-0.2, -0.15) is 10.1 Å². The van der Waals surface area contributed by atoms with Crippen molar-refractivity contribution in [2.24, 2.45) is 0 Å². The third-order valence-corrected chi connectivity index (χ3v) is 8.62. The number of carbonyl (C=O) groups excluding carboxylic acids is 1. The number of unbranched alkanes of at least 4 members (excludes halogenated alkanes) is 2. The lowest BCUT2D eigenvalue weighted by molar-refractivity contribution is -0.120. The average Bonchev–Trinajstić information content (AvgIpc) is 3.82. The van der Waals surface area contributed by atoms with Crippen LogP contribution in [0.25, 0.3) is 33.4 Å². The van der Waals surface area contributed by atoms with Crippen LogP contribution in [0.1, 0.15) is 32.1 Å². The van der Waals surface area contributed by atoms with Crippen LogP contribution in [-0.4, -0.2) is 163 Å².